The Kier molecular flexibility index (Phi) is 24.8. The standard InChI is InChI=1S/C30H31FN4O4.C24H22FN5O2.C15H19BrN2O3.C14H11BrFN3O/c1-19(22-6-5-7-23(31)16-22)38-27-13-12-26-32-17-25(35(26)33-27)21-8-10-24(11-9-21)34-18-20(14-28(34)36)15-29(37)39-30(2,3)4;1-15(17-3-2-4-18(25)11-17)32-23-10-9-22-27-13-21(30(22)28-23)16-5-7-20(8-6-16)29-14-19(26)12-24(29)31;1-15(2,3)21-14(20)17-11-8-13(19)18(9-11)12-6-4-10(16)5-7-12;1-9(10-3-2-4-11(16)7-10)20-14-6-5-13-17-8-12(15)19(13)18-14/h5-13,16-17,19-20H,14-15,18H2,1-4H3;2-11,13,15,19H,12,14,26H2,1H3;4-7,11H,8-9H2,1-3H3,(H,17,20);2-9H,1H3/t19-,20+;15-,19-;11-;9-/m1111/s1. The first-order chi connectivity index (χ1) is 53.4. The molecule has 15 rings (SSSR count). The highest BCUT2D eigenvalue weighted by Gasteiger charge is 2.35. The molecule has 112 heavy (non-hydrogen) atoms. The lowest BCUT2D eigenvalue weighted by molar-refractivity contribution is -0.155. The number of halogens is 5. The summed E-state index contributed by atoms with van der Waals surface area (Å²) in [5.74, 6) is -0.00624. The maximum Gasteiger partial charge on any atom is 0.407 e. The molecule has 3 aliphatic heterocycles. The molecule has 0 saturated carbocycles. The van der Waals surface area contributed by atoms with Crippen molar-refractivity contribution in [1.82, 2.24) is 49.1 Å². The maximum absolute atomic E-state index is 13.6. The summed E-state index contributed by atoms with van der Waals surface area (Å²) < 4.78 is 75.4. The van der Waals surface area contributed by atoms with Crippen LogP contribution in [0.15, 0.2) is 210 Å². The number of alkyl carbamates (subject to hydrolysis) is 1. The van der Waals surface area contributed by atoms with Crippen LogP contribution in [0.5, 0.6) is 17.6 Å². The number of nitrogens with one attached hydrogen (secondary N) is 1. The normalized spacial score (nSPS) is 16.4. The second-order valence-corrected chi connectivity index (χ2v) is 30.8. The van der Waals surface area contributed by atoms with Crippen LogP contribution in [-0.4, -0.2) is 116 Å². The molecule has 9 heterocycles. The number of aromatic nitrogens is 9. The lowest BCUT2D eigenvalue weighted by Gasteiger charge is -2.22. The fourth-order valence-electron chi connectivity index (χ4n) is 12.7. The van der Waals surface area contributed by atoms with E-state index in [0.717, 1.165) is 65.4 Å². The third-order valence-electron chi connectivity index (χ3n) is 18.0. The molecule has 6 aromatic heterocycles. The number of hydrogen-bond acceptors (Lipinski definition) is 17. The predicted octanol–water partition coefficient (Wildman–Crippen LogP) is 16.3. The van der Waals surface area contributed by atoms with Gasteiger partial charge in [0.1, 0.15) is 51.6 Å². The molecule has 3 fully saturated rings. The number of esters is 1. The molecule has 0 aliphatic carbocycles. The van der Waals surface area contributed by atoms with Crippen molar-refractivity contribution < 1.29 is 60.8 Å². The smallest absolute Gasteiger partial charge is 0.407 e. The zero-order valence-electron chi connectivity index (χ0n) is 62.9. The van der Waals surface area contributed by atoms with Crippen molar-refractivity contribution in [2.24, 2.45) is 11.7 Å². The Labute approximate surface area is 661 Å². The van der Waals surface area contributed by atoms with E-state index in [4.69, 9.17) is 29.4 Å². The number of benzene rings is 6. The van der Waals surface area contributed by atoms with Gasteiger partial charge in [-0.25, -0.2) is 46.5 Å². The minimum absolute atomic E-state index is 0.00150. The molecule has 6 atom stereocenters. The second-order valence-electron chi connectivity index (χ2n) is 29.1. The lowest BCUT2D eigenvalue weighted by Crippen LogP contribution is -2.40. The predicted molar refractivity (Wildman–Crippen MR) is 424 cm³/mol. The largest absolute Gasteiger partial charge is 0.469 e. The van der Waals surface area contributed by atoms with Crippen LogP contribution >= 0.6 is 31.9 Å². The highest BCUT2D eigenvalue weighted by atomic mass is 79.9. The van der Waals surface area contributed by atoms with Crippen LogP contribution in [0.2, 0.25) is 0 Å². The topological polar surface area (TPSA) is 270 Å². The Bertz CT molecular complexity index is 5370. The van der Waals surface area contributed by atoms with Crippen molar-refractivity contribution in [1.29, 1.82) is 0 Å². The van der Waals surface area contributed by atoms with Crippen molar-refractivity contribution in [3.8, 4) is 40.2 Å². The van der Waals surface area contributed by atoms with E-state index in [1.807, 2.05) is 145 Å². The fraction of sp³-hybridized carbons (Fsp3) is 0.289. The molecule has 24 nitrogen and oxygen atoms in total. The van der Waals surface area contributed by atoms with E-state index in [-0.39, 0.29) is 84.2 Å². The fourth-order valence-corrected chi connectivity index (χ4v) is 13.3. The number of hydrogen-bond donors (Lipinski definition) is 2. The summed E-state index contributed by atoms with van der Waals surface area (Å²) in [5.41, 5.74) is 14.8. The quantitative estimate of drug-likeness (QED) is 0.0802. The number of imidazole rings is 3. The van der Waals surface area contributed by atoms with Gasteiger partial charge < -0.3 is 49.4 Å². The number of anilines is 3. The number of ether oxygens (including phenoxy) is 5. The van der Waals surface area contributed by atoms with Gasteiger partial charge in [-0.2, -0.15) is 0 Å². The van der Waals surface area contributed by atoms with Gasteiger partial charge in [0.2, 0.25) is 35.4 Å². The molecule has 3 saturated heterocycles. The molecule has 6 aromatic carbocycles. The van der Waals surface area contributed by atoms with E-state index in [9.17, 15) is 37.1 Å². The number of amides is 4. The molecule has 29 heteroatoms. The van der Waals surface area contributed by atoms with Gasteiger partial charge >= 0.3 is 12.1 Å². The number of carbonyl (C=O) groups is 5. The van der Waals surface area contributed by atoms with Crippen LogP contribution in [-0.2, 0) is 28.7 Å². The molecular weight excluding hydrogens is 1570 g/mol. The first-order valence-electron chi connectivity index (χ1n) is 36.2. The van der Waals surface area contributed by atoms with Gasteiger partial charge in [0.25, 0.3) is 0 Å². The van der Waals surface area contributed by atoms with Gasteiger partial charge in [-0.15, -0.1) is 15.3 Å². The molecule has 3 aliphatic rings. The molecule has 0 bridgehead atoms. The van der Waals surface area contributed by atoms with E-state index in [0.29, 0.717) is 67.0 Å². The Balaban J connectivity index is 0.000000144. The summed E-state index contributed by atoms with van der Waals surface area (Å²) in [7, 11) is 0. The van der Waals surface area contributed by atoms with Gasteiger partial charge in [0.15, 0.2) is 16.9 Å². The van der Waals surface area contributed by atoms with Crippen molar-refractivity contribution in [3.05, 3.63) is 244 Å². The van der Waals surface area contributed by atoms with Crippen LogP contribution in [0.4, 0.5) is 35.0 Å². The summed E-state index contributed by atoms with van der Waals surface area (Å²) in [6, 6.07) is 52.0. The summed E-state index contributed by atoms with van der Waals surface area (Å²) >= 11 is 6.72. The zero-order valence-corrected chi connectivity index (χ0v) is 66.1. The van der Waals surface area contributed by atoms with Crippen molar-refractivity contribution >= 4 is 95.6 Å². The molecule has 0 radical (unpaired) electrons. The van der Waals surface area contributed by atoms with Gasteiger partial charge in [0, 0.05) is 95.8 Å². The summed E-state index contributed by atoms with van der Waals surface area (Å²) in [6.07, 6.45) is 4.79. The average Bonchev–Trinajstić information content (AvgIpc) is 1.62. The molecule has 580 valence electrons. The Morgan fingerprint density at radius 2 is 0.884 bits per heavy atom. The summed E-state index contributed by atoms with van der Waals surface area (Å²) in [6.45, 7) is 17.9. The molecule has 12 aromatic rings. The maximum atomic E-state index is 13.6. The van der Waals surface area contributed by atoms with Gasteiger partial charge in [0.05, 0.1) is 42.4 Å². The van der Waals surface area contributed by atoms with Crippen molar-refractivity contribution in [3.63, 3.8) is 0 Å². The minimum atomic E-state index is -0.547. The van der Waals surface area contributed by atoms with Crippen LogP contribution in [0.25, 0.3) is 39.5 Å². The monoisotopic (exact) mass is 1650 g/mol. The lowest BCUT2D eigenvalue weighted by atomic mass is 10.0. The number of nitrogens with zero attached hydrogens (tertiary/aromatic N) is 12. The van der Waals surface area contributed by atoms with E-state index < -0.39 is 23.4 Å². The first-order valence-corrected chi connectivity index (χ1v) is 37.8. The molecule has 0 spiro atoms. The van der Waals surface area contributed by atoms with Gasteiger partial charge in [-0.1, -0.05) is 76.6 Å². The Morgan fingerprint density at radius 1 is 0.491 bits per heavy atom. The third kappa shape index (κ3) is 20.7. The summed E-state index contributed by atoms with van der Waals surface area (Å²) in [5, 5.41) is 16.2. The number of fused-ring (bicyclic) bond motifs is 3. The Hall–Kier alpha value is -11.6. The van der Waals surface area contributed by atoms with E-state index in [1.54, 1.807) is 110 Å². The molecule has 3 N–H and O–H groups in total. The minimum Gasteiger partial charge on any atom is -0.469 e. The Morgan fingerprint density at radius 3 is 1.31 bits per heavy atom. The number of rotatable bonds is 17. The van der Waals surface area contributed by atoms with E-state index >= 15 is 0 Å². The van der Waals surface area contributed by atoms with E-state index in [1.165, 1.54) is 36.4 Å². The zero-order chi connectivity index (χ0) is 79.7. The third-order valence-corrected chi connectivity index (χ3v) is 19.1. The van der Waals surface area contributed by atoms with Crippen LogP contribution < -0.4 is 40.0 Å². The summed E-state index contributed by atoms with van der Waals surface area (Å²) in [4.78, 5) is 79.0. The highest BCUT2D eigenvalue weighted by molar-refractivity contribution is 9.10. The number of carbonyl (C=O) groups excluding carboxylic acids is 5. The SMILES string of the molecule is CC(C)(C)OC(=O)N[C@@H]1CC(=O)N(c2ccc(Br)cc2)C1.C[C@@H](Oc1ccc2ncc(-c3ccc(N4C[C@H](CC(=O)OC(C)(C)C)CC4=O)cc3)n2n1)c1cccc(F)c1.C[C@@H](Oc1ccc2ncc(-c3ccc(N4C[C@H](N)CC4=O)cc3)n2n1)c1cccc(F)c1.C[C@@H](Oc1ccc2ncc(Br)n2n1)c1cccc(F)c1. The second kappa shape index (κ2) is 34.8. The van der Waals surface area contributed by atoms with Crippen LogP contribution in [0.3, 0.4) is 0 Å². The van der Waals surface area contributed by atoms with Crippen molar-refractivity contribution in [2.45, 2.75) is 130 Å². The molecular formula is C83H83Br2F3N14O10. The van der Waals surface area contributed by atoms with Crippen molar-refractivity contribution in [2.75, 3.05) is 34.3 Å². The van der Waals surface area contributed by atoms with Crippen LogP contribution in [0.1, 0.15) is 123 Å². The van der Waals surface area contributed by atoms with E-state index in [2.05, 4.69) is 67.4 Å². The van der Waals surface area contributed by atoms with Gasteiger partial charge in [-0.05, 0) is 204 Å². The molecule has 4 amide bonds. The molecule has 0 unspecified atom stereocenters. The van der Waals surface area contributed by atoms with Crippen LogP contribution in [0, 0.1) is 23.4 Å². The highest BCUT2D eigenvalue weighted by Crippen LogP contribution is 2.34. The number of nitrogens with two attached hydrogens (primary N) is 1. The average molecular weight is 1650 g/mol. The first kappa shape index (κ1) is 80.0. The van der Waals surface area contributed by atoms with Gasteiger partial charge in [-0.3, -0.25) is 19.2 Å².